The van der Waals surface area contributed by atoms with E-state index in [0.717, 1.165) is 0 Å². The normalized spacial score (nSPS) is 20.8. The molecule has 1 aromatic rings. The Bertz CT molecular complexity index is 461. The summed E-state index contributed by atoms with van der Waals surface area (Å²) in [4.78, 5) is 26.3. The SMILES string of the molecule is CN1C(=O)C(Br)N(C)C(=O)c2ccccc21. The summed E-state index contributed by atoms with van der Waals surface area (Å²) in [6.45, 7) is 0. The van der Waals surface area contributed by atoms with Crippen LogP contribution in [-0.4, -0.2) is 35.8 Å². The van der Waals surface area contributed by atoms with Crippen molar-refractivity contribution in [2.75, 3.05) is 19.0 Å². The number of rotatable bonds is 0. The Morgan fingerprint density at radius 2 is 1.81 bits per heavy atom. The fourth-order valence-electron chi connectivity index (χ4n) is 1.68. The molecule has 0 saturated heterocycles. The Balaban J connectivity index is 2.62. The molecule has 1 aliphatic heterocycles. The van der Waals surface area contributed by atoms with Crippen LogP contribution in [0.2, 0.25) is 0 Å². The van der Waals surface area contributed by atoms with Crippen molar-refractivity contribution in [3.05, 3.63) is 29.8 Å². The molecule has 4 nitrogen and oxygen atoms in total. The van der Waals surface area contributed by atoms with Gasteiger partial charge in [-0.15, -0.1) is 0 Å². The fourth-order valence-corrected chi connectivity index (χ4v) is 2.18. The highest BCUT2D eigenvalue weighted by atomic mass is 79.9. The first-order valence-corrected chi connectivity index (χ1v) is 5.73. The van der Waals surface area contributed by atoms with Crippen LogP contribution in [-0.2, 0) is 4.79 Å². The zero-order chi connectivity index (χ0) is 11.9. The number of alkyl halides is 1. The monoisotopic (exact) mass is 282 g/mol. The van der Waals surface area contributed by atoms with Gasteiger partial charge in [0.05, 0.1) is 11.3 Å². The van der Waals surface area contributed by atoms with Crippen LogP contribution in [0.3, 0.4) is 0 Å². The van der Waals surface area contributed by atoms with Crippen molar-refractivity contribution in [1.29, 1.82) is 0 Å². The van der Waals surface area contributed by atoms with Crippen LogP contribution in [0.1, 0.15) is 10.4 Å². The molecule has 0 fully saturated rings. The number of nitrogens with zero attached hydrogens (tertiary/aromatic N) is 2. The number of carbonyl (C=O) groups excluding carboxylic acids is 2. The number of anilines is 1. The van der Waals surface area contributed by atoms with Gasteiger partial charge in [-0.2, -0.15) is 0 Å². The van der Waals surface area contributed by atoms with Crippen molar-refractivity contribution in [2.45, 2.75) is 4.95 Å². The summed E-state index contributed by atoms with van der Waals surface area (Å²) >= 11 is 3.22. The average molecular weight is 283 g/mol. The predicted molar refractivity (Wildman–Crippen MR) is 64.7 cm³/mol. The van der Waals surface area contributed by atoms with Crippen LogP contribution < -0.4 is 4.90 Å². The van der Waals surface area contributed by atoms with E-state index in [9.17, 15) is 9.59 Å². The molecule has 0 spiro atoms. The minimum atomic E-state index is -0.614. The maximum atomic E-state index is 12.1. The summed E-state index contributed by atoms with van der Waals surface area (Å²) in [5.41, 5.74) is 1.19. The lowest BCUT2D eigenvalue weighted by Crippen LogP contribution is -2.41. The Morgan fingerprint density at radius 3 is 2.50 bits per heavy atom. The number of carbonyl (C=O) groups is 2. The predicted octanol–water partition coefficient (Wildman–Crippen LogP) is 1.46. The van der Waals surface area contributed by atoms with Crippen LogP contribution in [0.15, 0.2) is 24.3 Å². The third kappa shape index (κ3) is 1.51. The molecular formula is C11H11BrN2O2. The van der Waals surface area contributed by atoms with Gasteiger partial charge in [-0.25, -0.2) is 0 Å². The summed E-state index contributed by atoms with van der Waals surface area (Å²) in [6.07, 6.45) is 0. The molecule has 2 rings (SSSR count). The molecule has 16 heavy (non-hydrogen) atoms. The van der Waals surface area contributed by atoms with Crippen molar-refractivity contribution in [3.8, 4) is 0 Å². The lowest BCUT2D eigenvalue weighted by atomic mass is 10.1. The Morgan fingerprint density at radius 1 is 1.19 bits per heavy atom. The highest BCUT2D eigenvalue weighted by Gasteiger charge is 2.34. The molecule has 0 radical (unpaired) electrons. The summed E-state index contributed by atoms with van der Waals surface area (Å²) in [5, 5.41) is 0. The van der Waals surface area contributed by atoms with E-state index in [1.54, 1.807) is 32.3 Å². The van der Waals surface area contributed by atoms with E-state index in [1.165, 1.54) is 9.80 Å². The lowest BCUT2D eigenvalue weighted by Gasteiger charge is -2.21. The van der Waals surface area contributed by atoms with E-state index in [-0.39, 0.29) is 11.8 Å². The van der Waals surface area contributed by atoms with Crippen LogP contribution in [0.4, 0.5) is 5.69 Å². The maximum Gasteiger partial charge on any atom is 0.260 e. The number of halogens is 1. The molecule has 5 heteroatoms. The largest absolute Gasteiger partial charge is 0.320 e. The third-order valence-corrected chi connectivity index (χ3v) is 3.70. The van der Waals surface area contributed by atoms with Gasteiger partial charge in [-0.1, -0.05) is 28.1 Å². The van der Waals surface area contributed by atoms with Crippen LogP contribution in [0.25, 0.3) is 0 Å². The van der Waals surface area contributed by atoms with E-state index in [2.05, 4.69) is 15.9 Å². The highest BCUT2D eigenvalue weighted by molar-refractivity contribution is 9.10. The first-order chi connectivity index (χ1) is 7.54. The Labute approximate surface area is 102 Å². The molecule has 0 saturated carbocycles. The quantitative estimate of drug-likeness (QED) is 0.534. The fraction of sp³-hybridized carbons (Fsp3) is 0.273. The molecule has 0 aliphatic carbocycles. The van der Waals surface area contributed by atoms with Crippen molar-refractivity contribution < 1.29 is 9.59 Å². The second-order valence-electron chi connectivity index (χ2n) is 3.67. The van der Waals surface area contributed by atoms with Crippen molar-refractivity contribution in [2.24, 2.45) is 0 Å². The summed E-state index contributed by atoms with van der Waals surface area (Å²) in [6, 6.07) is 7.09. The van der Waals surface area contributed by atoms with E-state index in [1.807, 2.05) is 6.07 Å². The van der Waals surface area contributed by atoms with Gasteiger partial charge < -0.3 is 9.80 Å². The van der Waals surface area contributed by atoms with Gasteiger partial charge in [0.25, 0.3) is 11.8 Å². The smallest absolute Gasteiger partial charge is 0.260 e. The van der Waals surface area contributed by atoms with Crippen LogP contribution in [0, 0.1) is 0 Å². The standard InChI is InChI=1S/C11H11BrN2O2/c1-13-8-6-4-3-5-7(8)10(15)14(2)9(12)11(13)16/h3-6,9H,1-2H3. The highest BCUT2D eigenvalue weighted by Crippen LogP contribution is 2.27. The molecule has 84 valence electrons. The molecule has 0 aromatic heterocycles. The van der Waals surface area contributed by atoms with E-state index in [4.69, 9.17) is 0 Å². The van der Waals surface area contributed by atoms with Gasteiger partial charge in [0.1, 0.15) is 0 Å². The average Bonchev–Trinajstić information content (AvgIpc) is 2.38. The Hall–Kier alpha value is -1.36. The minimum Gasteiger partial charge on any atom is -0.320 e. The molecule has 0 N–H and O–H groups in total. The number of likely N-dealkylation sites (N-methyl/N-ethyl adjacent to an activating group) is 2. The topological polar surface area (TPSA) is 40.6 Å². The van der Waals surface area contributed by atoms with Crippen LogP contribution >= 0.6 is 15.9 Å². The minimum absolute atomic E-state index is 0.152. The molecule has 1 heterocycles. The number of benzene rings is 1. The van der Waals surface area contributed by atoms with Gasteiger partial charge in [0.15, 0.2) is 4.95 Å². The first-order valence-electron chi connectivity index (χ1n) is 4.82. The van der Waals surface area contributed by atoms with Crippen molar-refractivity contribution >= 4 is 33.4 Å². The lowest BCUT2D eigenvalue weighted by molar-refractivity contribution is -0.119. The number of hydrogen-bond acceptors (Lipinski definition) is 2. The van der Waals surface area contributed by atoms with Gasteiger partial charge in [-0.3, -0.25) is 9.59 Å². The molecule has 1 atom stereocenters. The number of fused-ring (bicyclic) bond motifs is 1. The molecule has 0 bridgehead atoms. The van der Waals surface area contributed by atoms with Crippen LogP contribution in [0.5, 0.6) is 0 Å². The molecule has 1 aromatic carbocycles. The van der Waals surface area contributed by atoms with Crippen molar-refractivity contribution in [3.63, 3.8) is 0 Å². The second-order valence-corrected chi connectivity index (χ2v) is 4.53. The summed E-state index contributed by atoms with van der Waals surface area (Å²) in [7, 11) is 3.28. The molecule has 1 aliphatic rings. The molecular weight excluding hydrogens is 272 g/mol. The number of para-hydroxylation sites is 1. The van der Waals surface area contributed by atoms with Gasteiger partial charge in [0.2, 0.25) is 0 Å². The summed E-state index contributed by atoms with van der Waals surface area (Å²) in [5.74, 6) is -0.309. The molecule has 2 amide bonds. The zero-order valence-corrected chi connectivity index (χ0v) is 10.6. The summed E-state index contributed by atoms with van der Waals surface area (Å²) < 4.78 is 0. The maximum absolute atomic E-state index is 12.1. The van der Waals surface area contributed by atoms with E-state index < -0.39 is 4.95 Å². The number of amides is 2. The molecule has 1 unspecified atom stereocenters. The van der Waals surface area contributed by atoms with E-state index in [0.29, 0.717) is 11.3 Å². The van der Waals surface area contributed by atoms with Crippen molar-refractivity contribution in [1.82, 2.24) is 4.90 Å². The third-order valence-electron chi connectivity index (χ3n) is 2.69. The second kappa shape index (κ2) is 3.90. The van der Waals surface area contributed by atoms with Gasteiger partial charge in [0, 0.05) is 14.1 Å². The van der Waals surface area contributed by atoms with Gasteiger partial charge in [-0.05, 0) is 12.1 Å². The Kier molecular flexibility index (Phi) is 2.71. The first kappa shape index (κ1) is 11.1. The van der Waals surface area contributed by atoms with E-state index >= 15 is 0 Å². The van der Waals surface area contributed by atoms with Gasteiger partial charge >= 0.3 is 0 Å². The number of hydrogen-bond donors (Lipinski definition) is 0. The zero-order valence-electron chi connectivity index (χ0n) is 8.98.